The second-order valence-corrected chi connectivity index (χ2v) is 6.79. The van der Waals surface area contributed by atoms with Gasteiger partial charge in [0, 0.05) is 25.5 Å². The third-order valence-electron chi connectivity index (χ3n) is 3.97. The molecule has 114 valence electrons. The molecule has 0 atom stereocenters. The van der Waals surface area contributed by atoms with Gasteiger partial charge in [-0.15, -0.1) is 0 Å². The predicted octanol–water partition coefficient (Wildman–Crippen LogP) is 3.83. The highest BCUT2D eigenvalue weighted by Crippen LogP contribution is 2.30. The number of nitrogens with zero attached hydrogens (tertiary/aromatic N) is 2. The molecule has 0 spiro atoms. The van der Waals surface area contributed by atoms with E-state index >= 15 is 0 Å². The molecule has 1 aliphatic heterocycles. The Balaban J connectivity index is 2.10. The zero-order chi connectivity index (χ0) is 15.5. The zero-order valence-electron chi connectivity index (χ0n) is 13.1. The fraction of sp³-hybridized carbons (Fsp3) is 0.500. The van der Waals surface area contributed by atoms with Crippen molar-refractivity contribution in [3.8, 4) is 0 Å². The second-order valence-electron chi connectivity index (χ2n) is 5.42. The number of hydrogen-bond acceptors (Lipinski definition) is 4. The van der Waals surface area contributed by atoms with Gasteiger partial charge in [0.1, 0.15) is 10.5 Å². The molecule has 0 amide bonds. The molecule has 0 saturated carbocycles. The topological polar surface area (TPSA) is 27.6 Å². The monoisotopic (exact) mass is 321 g/mol. The first-order valence-electron chi connectivity index (χ1n) is 7.31. The quantitative estimate of drug-likeness (QED) is 0.834. The average Bonchev–Trinajstić information content (AvgIpc) is 2.82. The summed E-state index contributed by atoms with van der Waals surface area (Å²) in [4.78, 5) is 7.86. The van der Waals surface area contributed by atoms with Gasteiger partial charge in [0.25, 0.3) is 0 Å². The highest BCUT2D eigenvalue weighted by Gasteiger charge is 2.36. The van der Waals surface area contributed by atoms with Gasteiger partial charge in [-0.05, 0) is 24.5 Å². The van der Waals surface area contributed by atoms with Gasteiger partial charge in [-0.1, -0.05) is 56.0 Å². The van der Waals surface area contributed by atoms with E-state index in [2.05, 4.69) is 62.4 Å². The van der Waals surface area contributed by atoms with Gasteiger partial charge in [0.15, 0.2) is 5.17 Å². The van der Waals surface area contributed by atoms with Crippen LogP contribution in [0.25, 0.3) is 0 Å². The summed E-state index contributed by atoms with van der Waals surface area (Å²) in [6.45, 7) is 4.30. The van der Waals surface area contributed by atoms with E-state index in [1.54, 1.807) is 11.8 Å². The summed E-state index contributed by atoms with van der Waals surface area (Å²) < 4.78 is 0. The Kier molecular flexibility index (Phi) is 5.27. The van der Waals surface area contributed by atoms with E-state index < -0.39 is 0 Å². The number of benzene rings is 1. The summed E-state index contributed by atoms with van der Waals surface area (Å²) in [5.74, 6) is 0.895. The summed E-state index contributed by atoms with van der Waals surface area (Å²) >= 11 is 7.21. The number of amidine groups is 1. The first-order chi connectivity index (χ1) is 10.0. The molecule has 0 radical (unpaired) electrons. The standard InChI is InChI=1S/C16H23N3S2/c1-5-16(6-2)14(20)17-15(18-16)21-11-12-9-7-8-10-13(12)19(3)4/h7-10H,5-6,11H2,1-4H3,(H,17,18,20). The van der Waals surface area contributed by atoms with Crippen molar-refractivity contribution in [2.45, 2.75) is 38.0 Å². The van der Waals surface area contributed by atoms with Crippen LogP contribution in [0.4, 0.5) is 5.69 Å². The maximum absolute atomic E-state index is 5.48. The molecular weight excluding hydrogens is 298 g/mol. The van der Waals surface area contributed by atoms with Crippen LogP contribution in [0.1, 0.15) is 32.3 Å². The Morgan fingerprint density at radius 3 is 2.48 bits per heavy atom. The number of para-hydroxylation sites is 1. The smallest absolute Gasteiger partial charge is 0.162 e. The van der Waals surface area contributed by atoms with Crippen molar-refractivity contribution in [2.24, 2.45) is 4.99 Å². The fourth-order valence-electron chi connectivity index (χ4n) is 2.50. The highest BCUT2D eigenvalue weighted by atomic mass is 32.2. The minimum Gasteiger partial charge on any atom is -0.377 e. The molecule has 0 fully saturated rings. The van der Waals surface area contributed by atoms with Crippen LogP contribution in [0.3, 0.4) is 0 Å². The highest BCUT2D eigenvalue weighted by molar-refractivity contribution is 8.13. The van der Waals surface area contributed by atoms with Gasteiger partial charge in [0.2, 0.25) is 0 Å². The van der Waals surface area contributed by atoms with Crippen LogP contribution in [0.15, 0.2) is 29.3 Å². The lowest BCUT2D eigenvalue weighted by molar-refractivity contribution is 0.544. The minimum absolute atomic E-state index is 0.182. The SMILES string of the molecule is CCC1(CC)N=C(SCc2ccccc2N(C)C)NC1=S. The van der Waals surface area contributed by atoms with E-state index in [-0.39, 0.29) is 5.54 Å². The molecule has 1 N–H and O–H groups in total. The lowest BCUT2D eigenvalue weighted by Crippen LogP contribution is -2.36. The Hall–Kier alpha value is -1.07. The molecule has 1 aliphatic rings. The minimum atomic E-state index is -0.182. The molecule has 1 heterocycles. The number of nitrogens with one attached hydrogen (secondary N) is 1. The molecular formula is C16H23N3S2. The van der Waals surface area contributed by atoms with Crippen molar-refractivity contribution in [3.63, 3.8) is 0 Å². The van der Waals surface area contributed by atoms with Crippen LogP contribution in [0, 0.1) is 0 Å². The summed E-state index contributed by atoms with van der Waals surface area (Å²) in [7, 11) is 4.15. The molecule has 5 heteroatoms. The number of rotatable bonds is 5. The second kappa shape index (κ2) is 6.79. The number of thioether (sulfide) groups is 1. The van der Waals surface area contributed by atoms with Gasteiger partial charge in [-0.2, -0.15) is 0 Å². The summed E-state index contributed by atoms with van der Waals surface area (Å²) in [5.41, 5.74) is 2.38. The third kappa shape index (κ3) is 3.40. The van der Waals surface area contributed by atoms with Crippen LogP contribution < -0.4 is 10.2 Å². The van der Waals surface area contributed by atoms with Crippen molar-refractivity contribution in [3.05, 3.63) is 29.8 Å². The molecule has 0 bridgehead atoms. The third-order valence-corrected chi connectivity index (χ3v) is 5.37. The van der Waals surface area contributed by atoms with Gasteiger partial charge in [0.05, 0.1) is 0 Å². The Bertz CT molecular complexity index is 548. The number of thiocarbonyl (C=S) groups is 1. The molecule has 0 aliphatic carbocycles. The van der Waals surface area contributed by atoms with Crippen LogP contribution in [0.5, 0.6) is 0 Å². The lowest BCUT2D eigenvalue weighted by Gasteiger charge is -2.21. The maximum Gasteiger partial charge on any atom is 0.162 e. The summed E-state index contributed by atoms with van der Waals surface area (Å²) in [6.07, 6.45) is 1.90. The van der Waals surface area contributed by atoms with Crippen LogP contribution in [-0.2, 0) is 5.75 Å². The molecule has 1 aromatic rings. The molecule has 2 rings (SSSR count). The van der Waals surface area contributed by atoms with Crippen LogP contribution >= 0.6 is 24.0 Å². The average molecular weight is 322 g/mol. The van der Waals surface area contributed by atoms with Gasteiger partial charge in [-0.3, -0.25) is 0 Å². The van der Waals surface area contributed by atoms with Gasteiger partial charge < -0.3 is 10.2 Å². The van der Waals surface area contributed by atoms with E-state index in [1.807, 2.05) is 0 Å². The van der Waals surface area contributed by atoms with E-state index in [1.165, 1.54) is 11.3 Å². The Morgan fingerprint density at radius 2 is 1.90 bits per heavy atom. The Labute approximate surface area is 137 Å². The fourth-order valence-corrected chi connectivity index (χ4v) is 3.94. The molecule has 0 aromatic heterocycles. The van der Waals surface area contributed by atoms with Crippen LogP contribution in [-0.4, -0.2) is 29.8 Å². The number of aliphatic imine (C=N–C) groups is 1. The molecule has 3 nitrogen and oxygen atoms in total. The molecule has 0 saturated heterocycles. The van der Waals surface area contributed by atoms with E-state index in [4.69, 9.17) is 17.2 Å². The van der Waals surface area contributed by atoms with Gasteiger partial charge >= 0.3 is 0 Å². The molecule has 1 aromatic carbocycles. The predicted molar refractivity (Wildman–Crippen MR) is 98.5 cm³/mol. The van der Waals surface area contributed by atoms with Crippen molar-refractivity contribution in [2.75, 3.05) is 19.0 Å². The number of hydrogen-bond donors (Lipinski definition) is 1. The molecule has 21 heavy (non-hydrogen) atoms. The summed E-state index contributed by atoms with van der Waals surface area (Å²) in [6, 6.07) is 8.47. The van der Waals surface area contributed by atoms with E-state index in [0.717, 1.165) is 28.8 Å². The van der Waals surface area contributed by atoms with Crippen molar-refractivity contribution >= 4 is 39.8 Å². The molecule has 0 unspecified atom stereocenters. The maximum atomic E-state index is 5.48. The lowest BCUT2D eigenvalue weighted by atomic mass is 9.95. The van der Waals surface area contributed by atoms with Crippen molar-refractivity contribution in [1.29, 1.82) is 0 Å². The van der Waals surface area contributed by atoms with E-state index in [0.29, 0.717) is 0 Å². The van der Waals surface area contributed by atoms with Crippen molar-refractivity contribution < 1.29 is 0 Å². The van der Waals surface area contributed by atoms with Crippen molar-refractivity contribution in [1.82, 2.24) is 5.32 Å². The number of anilines is 1. The van der Waals surface area contributed by atoms with E-state index in [9.17, 15) is 0 Å². The normalized spacial score (nSPS) is 16.6. The zero-order valence-corrected chi connectivity index (χ0v) is 14.8. The largest absolute Gasteiger partial charge is 0.377 e. The van der Waals surface area contributed by atoms with Gasteiger partial charge in [-0.25, -0.2) is 4.99 Å². The Morgan fingerprint density at radius 1 is 1.24 bits per heavy atom. The first kappa shape index (κ1) is 16.3. The van der Waals surface area contributed by atoms with Crippen LogP contribution in [0.2, 0.25) is 0 Å². The first-order valence-corrected chi connectivity index (χ1v) is 8.71. The summed E-state index contributed by atoms with van der Waals surface area (Å²) in [5, 5.41) is 4.25.